The van der Waals surface area contributed by atoms with Crippen molar-refractivity contribution in [3.05, 3.63) is 35.4 Å². The SMILES string of the molecule is CC(C)CC(C)OCc1ccc(C(=O)O)cc1. The molecule has 1 unspecified atom stereocenters. The summed E-state index contributed by atoms with van der Waals surface area (Å²) < 4.78 is 5.69. The van der Waals surface area contributed by atoms with Crippen LogP contribution in [0.2, 0.25) is 0 Å². The lowest BCUT2D eigenvalue weighted by Gasteiger charge is -2.15. The fourth-order valence-corrected chi connectivity index (χ4v) is 1.71. The molecular formula is C14H20O3. The van der Waals surface area contributed by atoms with Crippen LogP contribution in [0, 0.1) is 5.92 Å². The van der Waals surface area contributed by atoms with E-state index in [9.17, 15) is 4.79 Å². The second-order valence-corrected chi connectivity index (χ2v) is 4.75. The van der Waals surface area contributed by atoms with Crippen molar-refractivity contribution in [1.82, 2.24) is 0 Å². The average molecular weight is 236 g/mol. The van der Waals surface area contributed by atoms with Crippen LogP contribution in [0.1, 0.15) is 43.1 Å². The van der Waals surface area contributed by atoms with Crippen molar-refractivity contribution in [2.24, 2.45) is 5.92 Å². The first-order valence-corrected chi connectivity index (χ1v) is 5.93. The standard InChI is InChI=1S/C14H20O3/c1-10(2)8-11(3)17-9-12-4-6-13(7-5-12)14(15)16/h4-7,10-11H,8-9H2,1-3H3,(H,15,16). The second-order valence-electron chi connectivity index (χ2n) is 4.75. The number of carbonyl (C=O) groups is 1. The van der Waals surface area contributed by atoms with Crippen LogP contribution in [0.15, 0.2) is 24.3 Å². The smallest absolute Gasteiger partial charge is 0.335 e. The molecule has 94 valence electrons. The molecule has 0 bridgehead atoms. The van der Waals surface area contributed by atoms with Crippen molar-refractivity contribution in [3.63, 3.8) is 0 Å². The highest BCUT2D eigenvalue weighted by molar-refractivity contribution is 5.87. The number of benzene rings is 1. The first-order valence-electron chi connectivity index (χ1n) is 5.93. The Balaban J connectivity index is 2.44. The van der Waals surface area contributed by atoms with Gasteiger partial charge in [-0.25, -0.2) is 4.79 Å². The first-order chi connectivity index (χ1) is 7.99. The van der Waals surface area contributed by atoms with Crippen molar-refractivity contribution in [1.29, 1.82) is 0 Å². The van der Waals surface area contributed by atoms with E-state index in [1.807, 2.05) is 0 Å². The zero-order chi connectivity index (χ0) is 12.8. The fourth-order valence-electron chi connectivity index (χ4n) is 1.71. The summed E-state index contributed by atoms with van der Waals surface area (Å²) in [6, 6.07) is 6.80. The van der Waals surface area contributed by atoms with Gasteiger partial charge in [0.1, 0.15) is 0 Å². The molecule has 3 nitrogen and oxygen atoms in total. The second kappa shape index (κ2) is 6.40. The van der Waals surface area contributed by atoms with Crippen LogP contribution in [0.5, 0.6) is 0 Å². The molecule has 0 spiro atoms. The Kier molecular flexibility index (Phi) is 5.16. The van der Waals surface area contributed by atoms with Crippen LogP contribution >= 0.6 is 0 Å². The summed E-state index contributed by atoms with van der Waals surface area (Å²) in [4.78, 5) is 10.7. The Labute approximate surface area is 102 Å². The van der Waals surface area contributed by atoms with E-state index < -0.39 is 5.97 Å². The van der Waals surface area contributed by atoms with E-state index in [1.54, 1.807) is 24.3 Å². The first kappa shape index (κ1) is 13.7. The third-order valence-electron chi connectivity index (χ3n) is 2.54. The number of ether oxygens (including phenoxy) is 1. The molecule has 1 aromatic carbocycles. The number of carboxylic acids is 1. The Morgan fingerprint density at radius 3 is 2.29 bits per heavy atom. The maximum atomic E-state index is 10.7. The van der Waals surface area contributed by atoms with Crippen LogP contribution in [0.4, 0.5) is 0 Å². The number of hydrogen-bond donors (Lipinski definition) is 1. The van der Waals surface area contributed by atoms with Gasteiger partial charge in [0.2, 0.25) is 0 Å². The van der Waals surface area contributed by atoms with Crippen LogP contribution in [-0.2, 0) is 11.3 Å². The highest BCUT2D eigenvalue weighted by Crippen LogP contribution is 2.11. The largest absolute Gasteiger partial charge is 0.478 e. The molecule has 1 rings (SSSR count). The van der Waals surface area contributed by atoms with E-state index in [1.165, 1.54) is 0 Å². The molecule has 1 N–H and O–H groups in total. The number of hydrogen-bond acceptors (Lipinski definition) is 2. The highest BCUT2D eigenvalue weighted by Gasteiger charge is 2.06. The molecule has 0 aromatic heterocycles. The lowest BCUT2D eigenvalue weighted by atomic mass is 10.1. The third-order valence-corrected chi connectivity index (χ3v) is 2.54. The normalized spacial score (nSPS) is 12.7. The maximum absolute atomic E-state index is 10.7. The summed E-state index contributed by atoms with van der Waals surface area (Å²) in [5.74, 6) is -0.273. The van der Waals surface area contributed by atoms with E-state index in [0.29, 0.717) is 18.1 Å². The Bertz CT molecular complexity index is 354. The van der Waals surface area contributed by atoms with Gasteiger partial charge in [0.25, 0.3) is 0 Å². The van der Waals surface area contributed by atoms with Crippen LogP contribution in [-0.4, -0.2) is 17.2 Å². The van der Waals surface area contributed by atoms with Gasteiger partial charge < -0.3 is 9.84 Å². The molecule has 0 saturated carbocycles. The number of rotatable bonds is 6. The number of aromatic carboxylic acids is 1. The molecule has 0 heterocycles. The van der Waals surface area contributed by atoms with E-state index in [0.717, 1.165) is 12.0 Å². The minimum atomic E-state index is -0.898. The minimum absolute atomic E-state index is 0.231. The predicted molar refractivity (Wildman–Crippen MR) is 67.1 cm³/mol. The average Bonchev–Trinajstić information content (AvgIpc) is 2.26. The Morgan fingerprint density at radius 2 is 1.82 bits per heavy atom. The molecule has 0 fully saturated rings. The summed E-state index contributed by atoms with van der Waals surface area (Å²) in [5.41, 5.74) is 1.31. The summed E-state index contributed by atoms with van der Waals surface area (Å²) in [6.07, 6.45) is 1.27. The lowest BCUT2D eigenvalue weighted by molar-refractivity contribution is 0.0396. The molecule has 0 saturated heterocycles. The molecule has 3 heteroatoms. The van der Waals surface area contributed by atoms with Gasteiger partial charge in [0.15, 0.2) is 0 Å². The summed E-state index contributed by atoms with van der Waals surface area (Å²) in [7, 11) is 0. The van der Waals surface area contributed by atoms with Crippen LogP contribution in [0.3, 0.4) is 0 Å². The van der Waals surface area contributed by atoms with Gasteiger partial charge in [-0.15, -0.1) is 0 Å². The number of carboxylic acid groups (broad SMARTS) is 1. The molecule has 0 aliphatic carbocycles. The summed E-state index contributed by atoms with van der Waals surface area (Å²) >= 11 is 0. The predicted octanol–water partition coefficient (Wildman–Crippen LogP) is 3.34. The molecule has 0 radical (unpaired) electrons. The molecular weight excluding hydrogens is 216 g/mol. The van der Waals surface area contributed by atoms with Gasteiger partial charge in [-0.2, -0.15) is 0 Å². The van der Waals surface area contributed by atoms with E-state index >= 15 is 0 Å². The lowest BCUT2D eigenvalue weighted by Crippen LogP contribution is -2.11. The van der Waals surface area contributed by atoms with Gasteiger partial charge >= 0.3 is 5.97 Å². The molecule has 1 aromatic rings. The van der Waals surface area contributed by atoms with Crippen molar-refractivity contribution in [2.75, 3.05) is 0 Å². The maximum Gasteiger partial charge on any atom is 0.335 e. The van der Waals surface area contributed by atoms with Crippen LogP contribution < -0.4 is 0 Å². The van der Waals surface area contributed by atoms with Gasteiger partial charge in [-0.05, 0) is 37.0 Å². The van der Waals surface area contributed by atoms with E-state index in [-0.39, 0.29) is 6.10 Å². The Hall–Kier alpha value is -1.35. The van der Waals surface area contributed by atoms with Crippen molar-refractivity contribution < 1.29 is 14.6 Å². The third kappa shape index (κ3) is 5.00. The van der Waals surface area contributed by atoms with Gasteiger partial charge in [0.05, 0.1) is 18.3 Å². The summed E-state index contributed by atoms with van der Waals surface area (Å²) in [5, 5.41) is 8.76. The van der Waals surface area contributed by atoms with Gasteiger partial charge in [-0.1, -0.05) is 26.0 Å². The Morgan fingerprint density at radius 1 is 1.24 bits per heavy atom. The quantitative estimate of drug-likeness (QED) is 0.824. The molecule has 17 heavy (non-hydrogen) atoms. The van der Waals surface area contributed by atoms with Crippen molar-refractivity contribution >= 4 is 5.97 Å². The molecule has 0 aliphatic rings. The minimum Gasteiger partial charge on any atom is -0.478 e. The topological polar surface area (TPSA) is 46.5 Å². The van der Waals surface area contributed by atoms with Crippen molar-refractivity contribution in [2.45, 2.75) is 39.9 Å². The van der Waals surface area contributed by atoms with Crippen molar-refractivity contribution in [3.8, 4) is 0 Å². The highest BCUT2D eigenvalue weighted by atomic mass is 16.5. The molecule has 1 atom stereocenters. The monoisotopic (exact) mass is 236 g/mol. The van der Waals surface area contributed by atoms with Gasteiger partial charge in [0, 0.05) is 0 Å². The zero-order valence-electron chi connectivity index (χ0n) is 10.6. The fraction of sp³-hybridized carbons (Fsp3) is 0.500. The zero-order valence-corrected chi connectivity index (χ0v) is 10.6. The van der Waals surface area contributed by atoms with E-state index in [4.69, 9.17) is 9.84 Å². The van der Waals surface area contributed by atoms with E-state index in [2.05, 4.69) is 20.8 Å². The molecule has 0 aliphatic heterocycles. The summed E-state index contributed by atoms with van der Waals surface area (Å²) in [6.45, 7) is 6.93. The molecule has 0 amide bonds. The van der Waals surface area contributed by atoms with Crippen LogP contribution in [0.25, 0.3) is 0 Å². The van der Waals surface area contributed by atoms with Gasteiger partial charge in [-0.3, -0.25) is 0 Å².